The Morgan fingerprint density at radius 2 is 1.58 bits per heavy atom. The lowest BCUT2D eigenvalue weighted by molar-refractivity contribution is 0.102. The van der Waals surface area contributed by atoms with Crippen LogP contribution in [0.4, 0.5) is 5.69 Å². The number of nitrogens with one attached hydrogen (secondary N) is 2. The molecule has 2 N–H and O–H groups in total. The Morgan fingerprint density at radius 1 is 1.00 bits per heavy atom. The van der Waals surface area contributed by atoms with Crippen LogP contribution in [-0.4, -0.2) is 32.2 Å². The van der Waals surface area contributed by atoms with Crippen molar-refractivity contribution >= 4 is 11.6 Å². The molecule has 0 saturated heterocycles. The smallest absolute Gasteiger partial charge is 0.271 e. The third-order valence-corrected chi connectivity index (χ3v) is 3.67. The molecule has 7 heteroatoms. The molecule has 2 aromatic rings. The number of rotatable bonds is 5. The van der Waals surface area contributed by atoms with Crippen LogP contribution in [0.15, 0.2) is 23.0 Å². The number of hydrogen-bond donors (Lipinski definition) is 2. The molecule has 2 rings (SSSR count). The predicted molar refractivity (Wildman–Crippen MR) is 90.6 cm³/mol. The molecule has 0 aliphatic carbocycles. The summed E-state index contributed by atoms with van der Waals surface area (Å²) in [5.74, 6) is 0.649. The second-order valence-electron chi connectivity index (χ2n) is 5.19. The molecule has 1 aromatic heterocycles. The van der Waals surface area contributed by atoms with Crippen LogP contribution in [0.5, 0.6) is 17.2 Å². The SMILES string of the molecule is COc1cc(C(=O)Nc2cc(C)c(C)[nH]c2=O)cc(OC)c1OC. The molecular formula is C17H20N2O5. The molecule has 1 aromatic carbocycles. The molecule has 0 fully saturated rings. The summed E-state index contributed by atoms with van der Waals surface area (Å²) >= 11 is 0. The highest BCUT2D eigenvalue weighted by atomic mass is 16.5. The van der Waals surface area contributed by atoms with E-state index in [1.165, 1.54) is 33.5 Å². The van der Waals surface area contributed by atoms with E-state index < -0.39 is 5.91 Å². The molecular weight excluding hydrogens is 312 g/mol. The average molecular weight is 332 g/mol. The molecule has 0 aliphatic rings. The van der Waals surface area contributed by atoms with Crippen LogP contribution in [0.25, 0.3) is 0 Å². The normalized spacial score (nSPS) is 10.2. The van der Waals surface area contributed by atoms with Crippen molar-refractivity contribution in [1.82, 2.24) is 4.98 Å². The number of pyridine rings is 1. The van der Waals surface area contributed by atoms with Gasteiger partial charge >= 0.3 is 0 Å². The summed E-state index contributed by atoms with van der Waals surface area (Å²) in [7, 11) is 4.41. The topological polar surface area (TPSA) is 89.7 Å². The third-order valence-electron chi connectivity index (χ3n) is 3.67. The van der Waals surface area contributed by atoms with Gasteiger partial charge in [0.05, 0.1) is 21.3 Å². The Morgan fingerprint density at radius 3 is 2.08 bits per heavy atom. The number of amides is 1. The number of hydrogen-bond acceptors (Lipinski definition) is 5. The third kappa shape index (κ3) is 3.34. The fraction of sp³-hybridized carbons (Fsp3) is 0.294. The lowest BCUT2D eigenvalue weighted by Crippen LogP contribution is -2.21. The number of carbonyl (C=O) groups excluding carboxylic acids is 1. The van der Waals surface area contributed by atoms with Gasteiger partial charge in [-0.3, -0.25) is 9.59 Å². The van der Waals surface area contributed by atoms with Crippen LogP contribution in [0.2, 0.25) is 0 Å². The number of methoxy groups -OCH3 is 3. The van der Waals surface area contributed by atoms with Gasteiger partial charge < -0.3 is 24.5 Å². The summed E-state index contributed by atoms with van der Waals surface area (Å²) in [6, 6.07) is 4.67. The highest BCUT2D eigenvalue weighted by molar-refractivity contribution is 6.05. The van der Waals surface area contributed by atoms with Gasteiger partial charge in [-0.2, -0.15) is 0 Å². The van der Waals surface area contributed by atoms with Gasteiger partial charge in [-0.25, -0.2) is 0 Å². The monoisotopic (exact) mass is 332 g/mol. The summed E-state index contributed by atoms with van der Waals surface area (Å²) in [6.07, 6.45) is 0. The Labute approximate surface area is 139 Å². The van der Waals surface area contributed by atoms with Gasteiger partial charge in [-0.1, -0.05) is 0 Å². The summed E-state index contributed by atoms with van der Waals surface area (Å²) in [5.41, 5.74) is 1.72. The Kier molecular flexibility index (Phi) is 5.13. The molecule has 0 bridgehead atoms. The summed E-state index contributed by atoms with van der Waals surface area (Å²) in [6.45, 7) is 3.64. The Bertz CT molecular complexity index is 801. The van der Waals surface area contributed by atoms with Gasteiger partial charge in [0.2, 0.25) is 5.75 Å². The fourth-order valence-electron chi connectivity index (χ4n) is 2.23. The minimum atomic E-state index is -0.456. The van der Waals surface area contributed by atoms with E-state index in [-0.39, 0.29) is 16.8 Å². The lowest BCUT2D eigenvalue weighted by Gasteiger charge is -2.14. The number of carbonyl (C=O) groups is 1. The number of H-pyrrole nitrogens is 1. The zero-order valence-corrected chi connectivity index (χ0v) is 14.3. The number of aromatic nitrogens is 1. The van der Waals surface area contributed by atoms with Crippen molar-refractivity contribution in [2.24, 2.45) is 0 Å². The van der Waals surface area contributed by atoms with Crippen molar-refractivity contribution in [2.45, 2.75) is 13.8 Å². The number of benzene rings is 1. The minimum absolute atomic E-state index is 0.178. The van der Waals surface area contributed by atoms with Gasteiger partial charge in [-0.15, -0.1) is 0 Å². The largest absolute Gasteiger partial charge is 0.493 e. The first kappa shape index (κ1) is 17.4. The van der Waals surface area contributed by atoms with Crippen molar-refractivity contribution in [3.63, 3.8) is 0 Å². The first-order valence-corrected chi connectivity index (χ1v) is 7.23. The van der Waals surface area contributed by atoms with Crippen LogP contribution in [0.1, 0.15) is 21.6 Å². The molecule has 0 radical (unpaired) electrons. The zero-order valence-electron chi connectivity index (χ0n) is 14.3. The van der Waals surface area contributed by atoms with E-state index in [0.717, 1.165) is 11.3 Å². The second kappa shape index (κ2) is 7.08. The van der Waals surface area contributed by atoms with E-state index >= 15 is 0 Å². The molecule has 0 saturated carbocycles. The molecule has 7 nitrogen and oxygen atoms in total. The van der Waals surface area contributed by atoms with Crippen molar-refractivity contribution in [1.29, 1.82) is 0 Å². The summed E-state index contributed by atoms with van der Waals surface area (Å²) in [4.78, 5) is 27.1. The molecule has 1 amide bonds. The van der Waals surface area contributed by atoms with Crippen LogP contribution in [0, 0.1) is 13.8 Å². The Balaban J connectivity index is 2.40. The maximum Gasteiger partial charge on any atom is 0.271 e. The van der Waals surface area contributed by atoms with E-state index in [1.54, 1.807) is 13.0 Å². The molecule has 128 valence electrons. The van der Waals surface area contributed by atoms with Gasteiger partial charge in [0, 0.05) is 11.3 Å². The first-order valence-electron chi connectivity index (χ1n) is 7.23. The molecule has 0 unspecified atom stereocenters. The number of aromatic amines is 1. The first-order chi connectivity index (χ1) is 11.4. The highest BCUT2D eigenvalue weighted by Gasteiger charge is 2.18. The minimum Gasteiger partial charge on any atom is -0.493 e. The van der Waals surface area contributed by atoms with E-state index in [2.05, 4.69) is 10.3 Å². The van der Waals surface area contributed by atoms with E-state index in [4.69, 9.17) is 14.2 Å². The van der Waals surface area contributed by atoms with Gasteiger partial charge in [-0.05, 0) is 37.6 Å². The van der Waals surface area contributed by atoms with Gasteiger partial charge in [0.15, 0.2) is 11.5 Å². The molecule has 0 spiro atoms. The number of ether oxygens (including phenoxy) is 3. The van der Waals surface area contributed by atoms with E-state index in [1.807, 2.05) is 6.92 Å². The predicted octanol–water partition coefficient (Wildman–Crippen LogP) is 2.27. The quantitative estimate of drug-likeness (QED) is 0.877. The fourth-order valence-corrected chi connectivity index (χ4v) is 2.23. The van der Waals surface area contributed by atoms with Crippen LogP contribution in [0.3, 0.4) is 0 Å². The van der Waals surface area contributed by atoms with Crippen LogP contribution >= 0.6 is 0 Å². The zero-order chi connectivity index (χ0) is 17.9. The van der Waals surface area contributed by atoms with Crippen molar-refractivity contribution < 1.29 is 19.0 Å². The summed E-state index contributed by atoms with van der Waals surface area (Å²) in [5, 5.41) is 2.60. The van der Waals surface area contributed by atoms with Crippen LogP contribution in [-0.2, 0) is 0 Å². The highest BCUT2D eigenvalue weighted by Crippen LogP contribution is 2.38. The van der Waals surface area contributed by atoms with E-state index in [9.17, 15) is 9.59 Å². The lowest BCUT2D eigenvalue weighted by atomic mass is 10.1. The molecule has 0 aliphatic heterocycles. The maximum absolute atomic E-state index is 12.5. The molecule has 24 heavy (non-hydrogen) atoms. The number of aryl methyl sites for hydroxylation is 2. The van der Waals surface area contributed by atoms with Crippen LogP contribution < -0.4 is 25.1 Å². The summed E-state index contributed by atoms with van der Waals surface area (Å²) < 4.78 is 15.7. The van der Waals surface area contributed by atoms with Crippen molar-refractivity contribution in [3.05, 3.63) is 45.4 Å². The van der Waals surface area contributed by atoms with E-state index in [0.29, 0.717) is 17.2 Å². The maximum atomic E-state index is 12.5. The van der Waals surface area contributed by atoms with Crippen molar-refractivity contribution in [3.8, 4) is 17.2 Å². The van der Waals surface area contributed by atoms with Crippen molar-refractivity contribution in [2.75, 3.05) is 26.6 Å². The van der Waals surface area contributed by atoms with Gasteiger partial charge in [0.1, 0.15) is 5.69 Å². The van der Waals surface area contributed by atoms with Gasteiger partial charge in [0.25, 0.3) is 11.5 Å². The standard InChI is InChI=1S/C17H20N2O5/c1-9-6-12(17(21)18-10(9)2)19-16(20)11-7-13(22-3)15(24-5)14(8-11)23-4/h6-8H,1-5H3,(H,18,21)(H,19,20). The molecule has 1 heterocycles. The number of anilines is 1. The average Bonchev–Trinajstić information content (AvgIpc) is 2.57. The Hall–Kier alpha value is -2.96. The second-order valence-corrected chi connectivity index (χ2v) is 5.19. The molecule has 0 atom stereocenters.